The Labute approximate surface area is 183 Å². The lowest BCUT2D eigenvalue weighted by Gasteiger charge is -2.28. The van der Waals surface area contributed by atoms with Crippen LogP contribution < -0.4 is 0 Å². The van der Waals surface area contributed by atoms with Crippen molar-refractivity contribution in [1.29, 1.82) is 0 Å². The molecule has 0 saturated carbocycles. The van der Waals surface area contributed by atoms with Gasteiger partial charge in [-0.05, 0) is 0 Å². The molecule has 0 heterocycles. The molecule has 0 amide bonds. The quantitative estimate of drug-likeness (QED) is 0.0921. The number of phosphoric ester groups is 2. The minimum atomic E-state index is -5.99. The first-order valence-corrected chi connectivity index (χ1v) is 11.4. The van der Waals surface area contributed by atoms with Crippen LogP contribution in [0.25, 0.3) is 0 Å². The molecule has 0 aliphatic rings. The third-order valence-electron chi connectivity index (χ3n) is 3.63. The lowest BCUT2D eigenvalue weighted by Crippen LogP contribution is -2.50. The smallest absolute Gasteiger partial charge is 0.394 e. The van der Waals surface area contributed by atoms with E-state index < -0.39 is 89.6 Å². The van der Waals surface area contributed by atoms with Crippen molar-refractivity contribution < 1.29 is 92.9 Å². The zero-order valence-corrected chi connectivity index (χ0v) is 17.9. The maximum Gasteiger partial charge on any atom is 0.530 e. The number of carbonyl (C=O) groups is 2. The summed E-state index contributed by atoms with van der Waals surface area (Å²) in [6.45, 7) is -2.40. The Morgan fingerprint density at radius 1 is 0.667 bits per heavy atom. The van der Waals surface area contributed by atoms with Gasteiger partial charge in [0, 0.05) is 0 Å². The molecule has 33 heavy (non-hydrogen) atoms. The third-order valence-corrected chi connectivity index (χ3v) is 4.95. The summed E-state index contributed by atoms with van der Waals surface area (Å²) in [7, 11) is -11.7. The van der Waals surface area contributed by atoms with Gasteiger partial charge in [0.15, 0.2) is 12.2 Å². The summed E-state index contributed by atoms with van der Waals surface area (Å²) in [6, 6.07) is 0. The molecule has 0 aromatic heterocycles. The lowest BCUT2D eigenvalue weighted by atomic mass is 10.0. The SMILES string of the molecule is O=C(OP(=O)(O)O[C@@H](C(=O)OP(=O)(O)O)[C@@H](O)[C@H](O)[C@H](O)CO)[C@H](O)[C@@H](O)[C@H](O)[C@H](O)CO. The average molecular weight is 534 g/mol. The minimum Gasteiger partial charge on any atom is -0.394 e. The molecule has 21 heteroatoms. The van der Waals surface area contributed by atoms with Gasteiger partial charge in [-0.3, -0.25) is 19.2 Å². The summed E-state index contributed by atoms with van der Waals surface area (Å²) >= 11 is 0. The predicted octanol–water partition coefficient (Wildman–Crippen LogP) is -6.84. The van der Waals surface area contributed by atoms with Crippen LogP contribution in [0.2, 0.25) is 0 Å². The van der Waals surface area contributed by atoms with Crippen LogP contribution >= 0.6 is 15.6 Å². The third kappa shape index (κ3) is 10.4. The molecule has 196 valence electrons. The van der Waals surface area contributed by atoms with Crippen LogP contribution in [0.15, 0.2) is 0 Å². The van der Waals surface area contributed by atoms with Crippen molar-refractivity contribution >= 4 is 27.6 Å². The molecule has 0 bridgehead atoms. The summed E-state index contributed by atoms with van der Waals surface area (Å²) in [4.78, 5) is 50.4. The van der Waals surface area contributed by atoms with Gasteiger partial charge in [-0.2, -0.15) is 0 Å². The van der Waals surface area contributed by atoms with E-state index in [4.69, 9.17) is 25.1 Å². The van der Waals surface area contributed by atoms with Gasteiger partial charge in [0.25, 0.3) is 0 Å². The summed E-state index contributed by atoms with van der Waals surface area (Å²) in [5, 5.41) is 83.8. The zero-order chi connectivity index (χ0) is 26.3. The van der Waals surface area contributed by atoms with E-state index >= 15 is 0 Å². The van der Waals surface area contributed by atoms with Gasteiger partial charge >= 0.3 is 27.6 Å². The maximum absolute atomic E-state index is 12.0. The summed E-state index contributed by atoms with van der Waals surface area (Å²) in [6.07, 6.45) is -20.7. The van der Waals surface area contributed by atoms with Gasteiger partial charge in [-0.25, -0.2) is 18.7 Å². The molecule has 0 aromatic carbocycles. The Kier molecular flexibility index (Phi) is 12.7. The van der Waals surface area contributed by atoms with Crippen molar-refractivity contribution in [1.82, 2.24) is 0 Å². The molecule has 0 aliphatic heterocycles. The molecule has 0 fully saturated rings. The highest BCUT2D eigenvalue weighted by Crippen LogP contribution is 2.47. The molecule has 19 nitrogen and oxygen atoms in total. The van der Waals surface area contributed by atoms with E-state index in [0.717, 1.165) is 0 Å². The number of aliphatic hydroxyl groups is 9. The highest BCUT2D eigenvalue weighted by atomic mass is 31.2. The van der Waals surface area contributed by atoms with E-state index in [1.807, 2.05) is 0 Å². The Bertz CT molecular complexity index is 738. The van der Waals surface area contributed by atoms with Crippen LogP contribution in [0, 0.1) is 0 Å². The Balaban J connectivity index is 5.67. The number of phosphoric acid groups is 2. The highest BCUT2D eigenvalue weighted by molar-refractivity contribution is 7.48. The molecule has 12 N–H and O–H groups in total. The van der Waals surface area contributed by atoms with Crippen LogP contribution in [-0.2, 0) is 32.3 Å². The molecule has 0 saturated heterocycles. The molecular formula is C12H24O19P2. The summed E-state index contributed by atoms with van der Waals surface area (Å²) in [5.74, 6) is -4.57. The van der Waals surface area contributed by atoms with Crippen molar-refractivity contribution in [3.8, 4) is 0 Å². The zero-order valence-electron chi connectivity index (χ0n) is 16.2. The van der Waals surface area contributed by atoms with Crippen LogP contribution in [0.3, 0.4) is 0 Å². The Hall–Kier alpha value is -1.12. The van der Waals surface area contributed by atoms with E-state index in [0.29, 0.717) is 0 Å². The van der Waals surface area contributed by atoms with Crippen molar-refractivity contribution in [2.24, 2.45) is 0 Å². The van der Waals surface area contributed by atoms with Crippen molar-refractivity contribution in [3.05, 3.63) is 0 Å². The highest BCUT2D eigenvalue weighted by Gasteiger charge is 2.46. The number of aliphatic hydroxyl groups excluding tert-OH is 9. The van der Waals surface area contributed by atoms with Crippen molar-refractivity contribution in [2.45, 2.75) is 48.8 Å². The monoisotopic (exact) mass is 534 g/mol. The average Bonchev–Trinajstić information content (AvgIpc) is 2.71. The molecule has 0 radical (unpaired) electrons. The van der Waals surface area contributed by atoms with Gasteiger partial charge in [0.2, 0.25) is 0 Å². The second-order valence-electron chi connectivity index (χ2n) is 6.21. The fourth-order valence-corrected chi connectivity index (χ4v) is 3.14. The number of hydrogen-bond donors (Lipinski definition) is 12. The Morgan fingerprint density at radius 3 is 1.48 bits per heavy atom. The first-order chi connectivity index (χ1) is 14.9. The van der Waals surface area contributed by atoms with Crippen LogP contribution in [0.1, 0.15) is 0 Å². The standard InChI is InChI=1S/C12H24O19P2/c13-1-3(15)5(17)7(19)9(21)11(22)31-33(27,28)29-10(12(23)30-32(24,25)26)8(20)6(18)4(16)2-14/h3-10,13-21H,1-2H2,(H,27,28)(H2,24,25,26)/t3-,4-,5-,6-,7+,8+,9-,10-/m1/s1. The molecule has 9 atom stereocenters. The van der Waals surface area contributed by atoms with Gasteiger partial charge in [-0.15, -0.1) is 0 Å². The van der Waals surface area contributed by atoms with Crippen LogP contribution in [0.4, 0.5) is 0 Å². The number of rotatable bonds is 14. The normalized spacial score (nSPS) is 21.5. The van der Waals surface area contributed by atoms with Gasteiger partial charge in [0.05, 0.1) is 13.2 Å². The van der Waals surface area contributed by atoms with Gasteiger partial charge < -0.3 is 55.0 Å². The fraction of sp³-hybridized carbons (Fsp3) is 0.833. The number of carbonyl (C=O) groups excluding carboxylic acids is 2. The molecule has 1 unspecified atom stereocenters. The van der Waals surface area contributed by atoms with E-state index in [9.17, 15) is 54.3 Å². The molecule has 0 aromatic rings. The van der Waals surface area contributed by atoms with E-state index in [2.05, 4.69) is 13.6 Å². The Morgan fingerprint density at radius 2 is 1.09 bits per heavy atom. The van der Waals surface area contributed by atoms with Crippen molar-refractivity contribution in [3.63, 3.8) is 0 Å². The molecular weight excluding hydrogens is 510 g/mol. The topological polar surface area (TPSA) is 339 Å². The van der Waals surface area contributed by atoms with Crippen molar-refractivity contribution in [2.75, 3.05) is 13.2 Å². The summed E-state index contributed by atoms with van der Waals surface area (Å²) in [5.41, 5.74) is 0. The number of hydrogen-bond acceptors (Lipinski definition) is 16. The lowest BCUT2D eigenvalue weighted by molar-refractivity contribution is -0.169. The first-order valence-electron chi connectivity index (χ1n) is 8.40. The van der Waals surface area contributed by atoms with Gasteiger partial charge in [0.1, 0.15) is 36.6 Å². The second kappa shape index (κ2) is 13.1. The van der Waals surface area contributed by atoms with E-state index in [1.54, 1.807) is 0 Å². The van der Waals surface area contributed by atoms with Crippen LogP contribution in [-0.4, -0.2) is 135 Å². The predicted molar refractivity (Wildman–Crippen MR) is 95.1 cm³/mol. The summed E-state index contributed by atoms with van der Waals surface area (Å²) < 4.78 is 34.2. The maximum atomic E-state index is 12.0. The van der Waals surface area contributed by atoms with Gasteiger partial charge in [-0.1, -0.05) is 0 Å². The molecule has 0 aliphatic carbocycles. The second-order valence-corrected chi connectivity index (χ2v) is 8.71. The molecule has 0 rings (SSSR count). The molecule has 0 spiro atoms. The van der Waals surface area contributed by atoms with E-state index in [1.165, 1.54) is 0 Å². The first kappa shape index (κ1) is 31.9. The van der Waals surface area contributed by atoms with Crippen LogP contribution in [0.5, 0.6) is 0 Å². The fourth-order valence-electron chi connectivity index (χ4n) is 1.92. The minimum absolute atomic E-state index is 1.15. The van der Waals surface area contributed by atoms with E-state index in [-0.39, 0.29) is 0 Å². The largest absolute Gasteiger partial charge is 0.530 e.